The number of aryl methyl sites for hydroxylation is 1. The van der Waals surface area contributed by atoms with Crippen LogP contribution in [0.4, 0.5) is 4.79 Å². The van der Waals surface area contributed by atoms with Gasteiger partial charge in [0.15, 0.2) is 5.03 Å². The van der Waals surface area contributed by atoms with E-state index < -0.39 is 27.5 Å². The van der Waals surface area contributed by atoms with Gasteiger partial charge in [0.2, 0.25) is 0 Å². The molecule has 0 radical (unpaired) electrons. The second-order valence-corrected chi connectivity index (χ2v) is 7.01. The highest BCUT2D eigenvalue weighted by Crippen LogP contribution is 2.28. The highest BCUT2D eigenvalue weighted by molar-refractivity contribution is 7.89. The maximum Gasteiger partial charge on any atom is 0.322 e. The quantitative estimate of drug-likeness (QED) is 0.686. The van der Waals surface area contributed by atoms with Gasteiger partial charge in [-0.3, -0.25) is 10.1 Å². The van der Waals surface area contributed by atoms with Gasteiger partial charge in [0.1, 0.15) is 5.54 Å². The molecule has 2 N–H and O–H groups in total. The minimum Gasteiger partial charge on any atom is -0.336 e. The number of urea groups is 1. The molecule has 3 rings (SSSR count). The molecule has 3 heterocycles. The Bertz CT molecular complexity index is 712. The lowest BCUT2D eigenvalue weighted by atomic mass is 10.00. The van der Waals surface area contributed by atoms with Crippen LogP contribution in [0.1, 0.15) is 13.3 Å². The van der Waals surface area contributed by atoms with Gasteiger partial charge < -0.3 is 9.88 Å². The molecule has 9 nitrogen and oxygen atoms in total. The number of imide groups is 1. The van der Waals surface area contributed by atoms with Crippen LogP contribution in [-0.2, 0) is 21.4 Å². The third-order valence-corrected chi connectivity index (χ3v) is 5.56. The van der Waals surface area contributed by atoms with Crippen molar-refractivity contribution < 1.29 is 18.0 Å². The Kier molecular flexibility index (Phi) is 3.02. The lowest BCUT2D eigenvalue weighted by molar-refractivity contribution is -0.123. The van der Waals surface area contributed by atoms with Gasteiger partial charge in [-0.1, -0.05) is 0 Å². The number of sulfonamides is 1. The first-order chi connectivity index (χ1) is 9.87. The van der Waals surface area contributed by atoms with Crippen molar-refractivity contribution in [2.24, 2.45) is 0 Å². The molecular weight excluding hydrogens is 298 g/mol. The van der Waals surface area contributed by atoms with Crippen molar-refractivity contribution in [1.82, 2.24) is 24.5 Å². The second-order valence-electron chi connectivity index (χ2n) is 5.12. The van der Waals surface area contributed by atoms with Crippen LogP contribution in [-0.4, -0.2) is 52.8 Å². The number of imidazole rings is 1. The highest BCUT2D eigenvalue weighted by Gasteiger charge is 2.53. The highest BCUT2D eigenvalue weighted by atomic mass is 32.2. The molecule has 1 unspecified atom stereocenters. The smallest absolute Gasteiger partial charge is 0.322 e. The molecule has 3 amide bonds. The van der Waals surface area contributed by atoms with Crippen molar-refractivity contribution in [2.45, 2.75) is 30.5 Å². The van der Waals surface area contributed by atoms with Crippen LogP contribution >= 0.6 is 0 Å². The average Bonchev–Trinajstić information content (AvgIpc) is 3.11. The van der Waals surface area contributed by atoms with E-state index in [1.807, 2.05) is 6.92 Å². The molecule has 114 valence electrons. The zero-order chi connectivity index (χ0) is 15.3. The number of carbonyl (C=O) groups is 2. The first-order valence-corrected chi connectivity index (χ1v) is 7.97. The van der Waals surface area contributed by atoms with E-state index in [2.05, 4.69) is 15.6 Å². The summed E-state index contributed by atoms with van der Waals surface area (Å²) in [4.78, 5) is 27.0. The van der Waals surface area contributed by atoms with Gasteiger partial charge in [-0.25, -0.2) is 18.2 Å². The maximum atomic E-state index is 12.5. The zero-order valence-electron chi connectivity index (χ0n) is 11.4. The number of nitrogens with zero attached hydrogens (tertiary/aromatic N) is 3. The molecule has 1 aromatic rings. The first kappa shape index (κ1) is 14.0. The fraction of sp³-hybridized carbons (Fsp3) is 0.545. The molecule has 2 aliphatic heterocycles. The summed E-state index contributed by atoms with van der Waals surface area (Å²) in [6.07, 6.45) is 3.15. The summed E-state index contributed by atoms with van der Waals surface area (Å²) >= 11 is 0. The van der Waals surface area contributed by atoms with Crippen molar-refractivity contribution >= 4 is 22.0 Å². The second kappa shape index (κ2) is 4.53. The summed E-state index contributed by atoms with van der Waals surface area (Å²) in [5.74, 6) is -0.482. The van der Waals surface area contributed by atoms with Crippen LogP contribution in [0, 0.1) is 0 Å². The van der Waals surface area contributed by atoms with Gasteiger partial charge in [-0.2, -0.15) is 4.31 Å². The molecule has 0 aromatic carbocycles. The monoisotopic (exact) mass is 313 g/mol. The van der Waals surface area contributed by atoms with E-state index in [1.54, 1.807) is 4.57 Å². The third-order valence-electron chi connectivity index (χ3n) is 3.83. The van der Waals surface area contributed by atoms with E-state index in [1.165, 1.54) is 16.8 Å². The van der Waals surface area contributed by atoms with Gasteiger partial charge >= 0.3 is 6.03 Å². The van der Waals surface area contributed by atoms with Crippen LogP contribution < -0.4 is 10.6 Å². The molecule has 2 aliphatic rings. The van der Waals surface area contributed by atoms with Gasteiger partial charge in [-0.05, 0) is 13.3 Å². The van der Waals surface area contributed by atoms with Crippen molar-refractivity contribution in [3.63, 3.8) is 0 Å². The van der Waals surface area contributed by atoms with E-state index in [4.69, 9.17) is 0 Å². The van der Waals surface area contributed by atoms with Crippen molar-refractivity contribution in [2.75, 3.05) is 13.1 Å². The molecule has 1 aromatic heterocycles. The van der Waals surface area contributed by atoms with Gasteiger partial charge in [0.05, 0.1) is 6.33 Å². The molecule has 2 saturated heterocycles. The number of aromatic nitrogens is 2. The van der Waals surface area contributed by atoms with Crippen LogP contribution in [0.5, 0.6) is 0 Å². The summed E-state index contributed by atoms with van der Waals surface area (Å²) in [7, 11) is -3.76. The standard InChI is InChI=1S/C11H15N5O4S/c1-2-15-5-8(12-7-15)21(19,20)16-4-3-11(6-16)9(17)13-10(18)14-11/h5,7H,2-4,6H2,1H3,(H2,13,14,17,18). The normalized spacial score (nSPS) is 26.3. The van der Waals surface area contributed by atoms with Crippen molar-refractivity contribution in [1.29, 1.82) is 0 Å². The molecule has 1 atom stereocenters. The maximum absolute atomic E-state index is 12.5. The Morgan fingerprint density at radius 1 is 1.43 bits per heavy atom. The summed E-state index contributed by atoms with van der Waals surface area (Å²) in [5, 5.41) is 4.61. The predicted molar refractivity (Wildman–Crippen MR) is 70.7 cm³/mol. The molecule has 0 aliphatic carbocycles. The van der Waals surface area contributed by atoms with Crippen molar-refractivity contribution in [3.05, 3.63) is 12.5 Å². The Morgan fingerprint density at radius 2 is 2.19 bits per heavy atom. The molecule has 0 saturated carbocycles. The summed E-state index contributed by atoms with van der Waals surface area (Å²) in [5.41, 5.74) is -1.16. The molecule has 2 fully saturated rings. The number of hydrogen-bond donors (Lipinski definition) is 2. The molecule has 0 bridgehead atoms. The van der Waals surface area contributed by atoms with Crippen LogP contribution in [0.2, 0.25) is 0 Å². The zero-order valence-corrected chi connectivity index (χ0v) is 12.2. The minimum atomic E-state index is -3.76. The van der Waals surface area contributed by atoms with Gasteiger partial charge in [0, 0.05) is 25.8 Å². The Morgan fingerprint density at radius 3 is 2.76 bits per heavy atom. The molecular formula is C11H15N5O4S. The summed E-state index contributed by atoms with van der Waals surface area (Å²) in [6.45, 7) is 2.58. The number of nitrogens with one attached hydrogen (secondary N) is 2. The van der Waals surface area contributed by atoms with Gasteiger partial charge in [-0.15, -0.1) is 0 Å². The van der Waals surface area contributed by atoms with Crippen LogP contribution in [0.3, 0.4) is 0 Å². The largest absolute Gasteiger partial charge is 0.336 e. The summed E-state index contributed by atoms with van der Waals surface area (Å²) < 4.78 is 27.8. The van der Waals surface area contributed by atoms with Crippen LogP contribution in [0.15, 0.2) is 17.6 Å². The van der Waals surface area contributed by atoms with E-state index in [0.717, 1.165) is 0 Å². The topological polar surface area (TPSA) is 113 Å². The predicted octanol–water partition coefficient (Wildman–Crippen LogP) is -1.12. The SMILES string of the molecule is CCn1cnc(S(=O)(=O)N2CCC3(C2)NC(=O)NC3=O)c1. The number of amides is 3. The average molecular weight is 313 g/mol. The number of hydrogen-bond acceptors (Lipinski definition) is 5. The van der Waals surface area contributed by atoms with E-state index in [-0.39, 0.29) is 24.5 Å². The lowest BCUT2D eigenvalue weighted by Gasteiger charge is -2.20. The van der Waals surface area contributed by atoms with Crippen LogP contribution in [0.25, 0.3) is 0 Å². The Balaban J connectivity index is 1.85. The molecule has 10 heteroatoms. The van der Waals surface area contributed by atoms with E-state index >= 15 is 0 Å². The molecule has 21 heavy (non-hydrogen) atoms. The number of rotatable bonds is 3. The third kappa shape index (κ3) is 2.10. The fourth-order valence-corrected chi connectivity index (χ4v) is 4.01. The Hall–Kier alpha value is -1.94. The van der Waals surface area contributed by atoms with E-state index in [0.29, 0.717) is 6.54 Å². The Labute approximate surface area is 121 Å². The van der Waals surface area contributed by atoms with Crippen molar-refractivity contribution in [3.8, 4) is 0 Å². The lowest BCUT2D eigenvalue weighted by Crippen LogP contribution is -2.49. The van der Waals surface area contributed by atoms with E-state index in [9.17, 15) is 18.0 Å². The fourth-order valence-electron chi connectivity index (χ4n) is 2.57. The summed E-state index contributed by atoms with van der Waals surface area (Å²) in [6, 6.07) is -0.588. The minimum absolute atomic E-state index is 0.0499. The first-order valence-electron chi connectivity index (χ1n) is 6.53. The molecule has 1 spiro atoms. The number of carbonyl (C=O) groups excluding carboxylic acids is 2. The van der Waals surface area contributed by atoms with Gasteiger partial charge in [0.25, 0.3) is 15.9 Å².